The number of carbonyl (C=O) groups is 1. The molecule has 0 aromatic heterocycles. The Morgan fingerprint density at radius 1 is 1.29 bits per heavy atom. The number of carbonyl (C=O) groups excluding carboxylic acids is 1. The number of rotatable bonds is 7. The zero-order chi connectivity index (χ0) is 17.6. The molecule has 1 amide bonds. The fraction of sp³-hybridized carbons (Fsp3) is 0.588. The van der Waals surface area contributed by atoms with Crippen LogP contribution in [-0.4, -0.2) is 43.8 Å². The summed E-state index contributed by atoms with van der Waals surface area (Å²) in [5.74, 6) is 0.0251. The van der Waals surface area contributed by atoms with Crippen molar-refractivity contribution in [3.8, 4) is 0 Å². The summed E-state index contributed by atoms with van der Waals surface area (Å²) in [5.41, 5.74) is 6.45. The van der Waals surface area contributed by atoms with Gasteiger partial charge in [-0.3, -0.25) is 4.79 Å². The largest absolute Gasteiger partial charge is 0.353 e. The van der Waals surface area contributed by atoms with Crippen LogP contribution in [0.4, 0.5) is 0 Å². The number of amides is 1. The molecular formula is C17H27N3O3S. The molecule has 0 spiro atoms. The normalized spacial score (nSPS) is 18.2. The van der Waals surface area contributed by atoms with Crippen molar-refractivity contribution in [2.24, 2.45) is 5.73 Å². The number of hydrogen-bond donors (Lipinski definition) is 2. The highest BCUT2D eigenvalue weighted by molar-refractivity contribution is 7.88. The molecular weight excluding hydrogens is 326 g/mol. The van der Waals surface area contributed by atoms with Gasteiger partial charge < -0.3 is 11.1 Å². The van der Waals surface area contributed by atoms with Gasteiger partial charge in [0.25, 0.3) is 0 Å². The zero-order valence-electron chi connectivity index (χ0n) is 14.1. The van der Waals surface area contributed by atoms with Crippen molar-refractivity contribution in [3.05, 3.63) is 35.9 Å². The Kier molecular flexibility index (Phi) is 6.77. The van der Waals surface area contributed by atoms with Gasteiger partial charge >= 0.3 is 0 Å². The van der Waals surface area contributed by atoms with E-state index in [4.69, 9.17) is 5.73 Å². The van der Waals surface area contributed by atoms with Gasteiger partial charge in [-0.05, 0) is 31.7 Å². The third-order valence-corrected chi connectivity index (χ3v) is 6.08. The highest BCUT2D eigenvalue weighted by Crippen LogP contribution is 2.18. The molecule has 1 aliphatic rings. The van der Waals surface area contributed by atoms with Crippen LogP contribution < -0.4 is 11.1 Å². The van der Waals surface area contributed by atoms with Gasteiger partial charge in [0, 0.05) is 31.6 Å². The first-order valence-electron chi connectivity index (χ1n) is 8.43. The molecule has 7 heteroatoms. The summed E-state index contributed by atoms with van der Waals surface area (Å²) in [6.45, 7) is 2.78. The van der Waals surface area contributed by atoms with E-state index < -0.39 is 10.0 Å². The van der Waals surface area contributed by atoms with Crippen molar-refractivity contribution in [1.29, 1.82) is 0 Å². The van der Waals surface area contributed by atoms with E-state index in [0.717, 1.165) is 5.56 Å². The lowest BCUT2D eigenvalue weighted by Crippen LogP contribution is -2.46. The van der Waals surface area contributed by atoms with E-state index in [1.165, 1.54) is 4.31 Å². The van der Waals surface area contributed by atoms with Crippen LogP contribution in [0, 0.1) is 0 Å². The molecule has 0 radical (unpaired) electrons. The molecule has 1 atom stereocenters. The number of hydrogen-bond acceptors (Lipinski definition) is 4. The minimum absolute atomic E-state index is 0.00195. The Bertz CT molecular complexity index is 624. The molecule has 0 saturated carbocycles. The molecule has 1 aromatic rings. The van der Waals surface area contributed by atoms with E-state index in [1.807, 2.05) is 37.3 Å². The first kappa shape index (κ1) is 18.9. The maximum atomic E-state index is 12.5. The van der Waals surface area contributed by atoms with Crippen LogP contribution in [0.5, 0.6) is 0 Å². The molecule has 24 heavy (non-hydrogen) atoms. The Balaban J connectivity index is 1.80. The Morgan fingerprint density at radius 3 is 2.50 bits per heavy atom. The second-order valence-corrected chi connectivity index (χ2v) is 8.47. The third kappa shape index (κ3) is 5.89. The minimum Gasteiger partial charge on any atom is -0.353 e. The summed E-state index contributed by atoms with van der Waals surface area (Å²) in [7, 11) is -3.31. The Hall–Kier alpha value is -1.44. The molecule has 1 fully saturated rings. The highest BCUT2D eigenvalue weighted by atomic mass is 32.2. The van der Waals surface area contributed by atoms with Crippen LogP contribution in [0.3, 0.4) is 0 Å². The van der Waals surface area contributed by atoms with Gasteiger partial charge in [-0.2, -0.15) is 0 Å². The molecule has 134 valence electrons. The van der Waals surface area contributed by atoms with Crippen molar-refractivity contribution in [2.75, 3.05) is 13.1 Å². The second-order valence-electron chi connectivity index (χ2n) is 6.50. The van der Waals surface area contributed by atoms with E-state index in [1.54, 1.807) is 0 Å². The lowest BCUT2D eigenvalue weighted by molar-refractivity contribution is -0.122. The average molecular weight is 353 g/mol. The predicted molar refractivity (Wildman–Crippen MR) is 94.7 cm³/mol. The Labute approximate surface area is 144 Å². The molecule has 1 aromatic carbocycles. The van der Waals surface area contributed by atoms with Crippen molar-refractivity contribution in [1.82, 2.24) is 9.62 Å². The van der Waals surface area contributed by atoms with Crippen LogP contribution >= 0.6 is 0 Å². The van der Waals surface area contributed by atoms with Crippen LogP contribution in [0.1, 0.15) is 38.2 Å². The van der Waals surface area contributed by atoms with Gasteiger partial charge in [0.1, 0.15) is 0 Å². The number of nitrogens with one attached hydrogen (secondary N) is 1. The van der Waals surface area contributed by atoms with Gasteiger partial charge in [-0.25, -0.2) is 12.7 Å². The van der Waals surface area contributed by atoms with Crippen LogP contribution in [0.25, 0.3) is 0 Å². The molecule has 2 rings (SSSR count). The quantitative estimate of drug-likeness (QED) is 0.771. The summed E-state index contributed by atoms with van der Waals surface area (Å²) < 4.78 is 26.5. The van der Waals surface area contributed by atoms with Gasteiger partial charge in [0.05, 0.1) is 5.75 Å². The monoisotopic (exact) mass is 353 g/mol. The number of nitrogens with two attached hydrogens (primary N) is 1. The van der Waals surface area contributed by atoms with Gasteiger partial charge in [0.15, 0.2) is 0 Å². The van der Waals surface area contributed by atoms with E-state index in [0.29, 0.717) is 38.8 Å². The van der Waals surface area contributed by atoms with Gasteiger partial charge in [-0.1, -0.05) is 30.3 Å². The summed E-state index contributed by atoms with van der Waals surface area (Å²) in [6, 6.07) is 9.26. The fourth-order valence-corrected chi connectivity index (χ4v) is 4.38. The number of nitrogens with zero attached hydrogens (tertiary/aromatic N) is 1. The predicted octanol–water partition coefficient (Wildman–Crippen LogP) is 1.22. The van der Waals surface area contributed by atoms with Gasteiger partial charge in [-0.15, -0.1) is 0 Å². The maximum Gasteiger partial charge on any atom is 0.220 e. The number of benzene rings is 1. The number of sulfonamides is 1. The average Bonchev–Trinajstić information content (AvgIpc) is 2.54. The van der Waals surface area contributed by atoms with E-state index in [-0.39, 0.29) is 23.7 Å². The molecule has 0 bridgehead atoms. The third-order valence-electron chi connectivity index (χ3n) is 4.23. The molecule has 1 unspecified atom stereocenters. The smallest absolute Gasteiger partial charge is 0.220 e. The number of piperidine rings is 1. The van der Waals surface area contributed by atoms with Crippen LogP contribution in [0.15, 0.2) is 30.3 Å². The van der Waals surface area contributed by atoms with Crippen molar-refractivity contribution >= 4 is 15.9 Å². The molecule has 3 N–H and O–H groups in total. The van der Waals surface area contributed by atoms with Crippen molar-refractivity contribution < 1.29 is 13.2 Å². The van der Waals surface area contributed by atoms with Crippen LogP contribution in [-0.2, 0) is 20.6 Å². The molecule has 0 aliphatic carbocycles. The van der Waals surface area contributed by atoms with Crippen LogP contribution in [0.2, 0.25) is 0 Å². The van der Waals surface area contributed by atoms with E-state index in [9.17, 15) is 13.2 Å². The standard InChI is InChI=1S/C17H27N3O3S/c1-14(18)7-8-17(21)19-16-9-11-20(12-10-16)24(22,23)13-15-5-3-2-4-6-15/h2-6,14,16H,7-13,18H2,1H3,(H,19,21). The van der Waals surface area contributed by atoms with Gasteiger partial charge in [0.2, 0.25) is 15.9 Å². The summed E-state index contributed by atoms with van der Waals surface area (Å²) in [4.78, 5) is 11.8. The van der Waals surface area contributed by atoms with E-state index >= 15 is 0 Å². The lowest BCUT2D eigenvalue weighted by Gasteiger charge is -2.31. The summed E-state index contributed by atoms with van der Waals surface area (Å²) >= 11 is 0. The van der Waals surface area contributed by atoms with Crippen molar-refractivity contribution in [3.63, 3.8) is 0 Å². The first-order chi connectivity index (χ1) is 11.4. The highest BCUT2D eigenvalue weighted by Gasteiger charge is 2.28. The zero-order valence-corrected chi connectivity index (χ0v) is 15.0. The summed E-state index contributed by atoms with van der Waals surface area (Å²) in [6.07, 6.45) is 2.39. The second kappa shape index (κ2) is 8.60. The Morgan fingerprint density at radius 2 is 1.92 bits per heavy atom. The fourth-order valence-electron chi connectivity index (χ4n) is 2.81. The maximum absolute atomic E-state index is 12.5. The lowest BCUT2D eigenvalue weighted by atomic mass is 10.1. The topological polar surface area (TPSA) is 92.5 Å². The minimum atomic E-state index is -3.31. The molecule has 6 nitrogen and oxygen atoms in total. The first-order valence-corrected chi connectivity index (χ1v) is 10.0. The van der Waals surface area contributed by atoms with Crippen molar-refractivity contribution in [2.45, 2.75) is 50.4 Å². The molecule has 1 saturated heterocycles. The molecule has 1 aliphatic heterocycles. The SMILES string of the molecule is CC(N)CCC(=O)NC1CCN(S(=O)(=O)Cc2ccccc2)CC1. The van der Waals surface area contributed by atoms with E-state index in [2.05, 4.69) is 5.32 Å². The summed E-state index contributed by atoms with van der Waals surface area (Å²) in [5, 5.41) is 2.98. The molecule has 1 heterocycles.